The summed E-state index contributed by atoms with van der Waals surface area (Å²) in [5, 5.41) is 3.90. The highest BCUT2D eigenvalue weighted by Gasteiger charge is 2.29. The third kappa shape index (κ3) is 7.90. The number of oxime groups is 1. The molecule has 0 amide bonds. The number of ketones is 1. The van der Waals surface area contributed by atoms with Crippen LogP contribution in [0, 0.1) is 5.92 Å². The van der Waals surface area contributed by atoms with Gasteiger partial charge in [-0.05, 0) is 43.2 Å². The predicted octanol–water partition coefficient (Wildman–Crippen LogP) is 5.65. The van der Waals surface area contributed by atoms with Crippen molar-refractivity contribution in [3.8, 4) is 0 Å². The number of rotatable bonds is 11. The first-order chi connectivity index (χ1) is 17.0. The number of thioether (sulfide) groups is 1. The van der Waals surface area contributed by atoms with E-state index in [0.29, 0.717) is 23.3 Å². The number of hydrogen-bond acceptors (Lipinski definition) is 7. The zero-order valence-electron chi connectivity index (χ0n) is 19.4. The van der Waals surface area contributed by atoms with Crippen molar-refractivity contribution in [3.05, 3.63) is 89.4 Å². The first-order valence-electron chi connectivity index (χ1n) is 11.5. The molecule has 0 saturated carbocycles. The molecule has 0 heterocycles. The summed E-state index contributed by atoms with van der Waals surface area (Å²) in [5.74, 6) is -2.19. The van der Waals surface area contributed by atoms with Crippen molar-refractivity contribution >= 4 is 44.4 Å². The molecule has 2 aromatic rings. The summed E-state index contributed by atoms with van der Waals surface area (Å²) in [6, 6.07) is 17.9. The minimum Gasteiger partial charge on any atom is -0.312 e. The van der Waals surface area contributed by atoms with Gasteiger partial charge in [-0.15, -0.1) is 0 Å². The Hall–Kier alpha value is -3.23. The number of allylic oxidation sites excluding steroid dienone is 3. The molecule has 0 aromatic heterocycles. The molecular weight excluding hydrogens is 482 g/mol. The first-order valence-corrected chi connectivity index (χ1v) is 13.3. The van der Waals surface area contributed by atoms with Crippen LogP contribution in [-0.4, -0.2) is 30.7 Å². The summed E-state index contributed by atoms with van der Waals surface area (Å²) >= 11 is 1.41. The van der Waals surface area contributed by atoms with E-state index in [9.17, 15) is 18.0 Å². The smallest absolute Gasteiger partial charge is 0.312 e. The second-order valence-corrected chi connectivity index (χ2v) is 9.98. The average Bonchev–Trinajstić information content (AvgIpc) is 2.88. The Bertz CT molecular complexity index is 1260. The lowest BCUT2D eigenvalue weighted by atomic mass is 9.91. The maximum Gasteiger partial charge on any atom is 0.365 e. The van der Waals surface area contributed by atoms with Gasteiger partial charge in [0.2, 0.25) is 10.3 Å². The van der Waals surface area contributed by atoms with E-state index >= 15 is 0 Å². The van der Waals surface area contributed by atoms with E-state index < -0.39 is 28.0 Å². The number of benzene rings is 2. The molecule has 0 bridgehead atoms. The molecule has 3 rings (SSSR count). The summed E-state index contributed by atoms with van der Waals surface area (Å²) in [6.45, 7) is 2.08. The summed E-state index contributed by atoms with van der Waals surface area (Å²) in [4.78, 5) is 32.4. The van der Waals surface area contributed by atoms with E-state index in [1.807, 2.05) is 30.3 Å². The number of unbranched alkanes of at least 4 members (excludes halogenated alkanes) is 3. The molecule has 1 atom stereocenters. The number of Topliss-reactive ketones (excluding diaryl/α,β-unsaturated/α-hetero) is 1. The van der Waals surface area contributed by atoms with Crippen molar-refractivity contribution in [2.45, 2.75) is 43.9 Å². The van der Waals surface area contributed by atoms with Gasteiger partial charge in [-0.3, -0.25) is 4.79 Å². The SMILES string of the molecule is CCCCCCC(=NOC(=O)c1ccccc1)C(=O)C1C=CC(Sc2ccccc2)=CC1=S(=O)=O. The molecule has 1 unspecified atom stereocenters. The normalized spacial score (nSPS) is 15.5. The van der Waals surface area contributed by atoms with E-state index in [2.05, 4.69) is 12.1 Å². The lowest BCUT2D eigenvalue weighted by molar-refractivity contribution is -0.113. The Kier molecular flexibility index (Phi) is 10.3. The fourth-order valence-electron chi connectivity index (χ4n) is 3.46. The second-order valence-electron chi connectivity index (χ2n) is 7.89. The van der Waals surface area contributed by atoms with Crippen LogP contribution in [0.5, 0.6) is 0 Å². The molecule has 0 spiro atoms. The van der Waals surface area contributed by atoms with Crippen molar-refractivity contribution in [2.24, 2.45) is 11.1 Å². The molecule has 0 aliphatic heterocycles. The van der Waals surface area contributed by atoms with Gasteiger partial charge in [0, 0.05) is 9.80 Å². The third-order valence-electron chi connectivity index (χ3n) is 5.30. The molecule has 6 nitrogen and oxygen atoms in total. The van der Waals surface area contributed by atoms with Gasteiger partial charge >= 0.3 is 5.97 Å². The highest BCUT2D eigenvalue weighted by Crippen LogP contribution is 2.31. The summed E-state index contributed by atoms with van der Waals surface area (Å²) in [5.41, 5.74) is 0.362. The Morgan fingerprint density at radius 1 is 0.971 bits per heavy atom. The van der Waals surface area contributed by atoms with Crippen LogP contribution in [0.1, 0.15) is 49.4 Å². The number of carbonyl (C=O) groups is 2. The van der Waals surface area contributed by atoms with Crippen LogP contribution in [0.15, 0.2) is 93.8 Å². The molecule has 35 heavy (non-hydrogen) atoms. The van der Waals surface area contributed by atoms with Crippen LogP contribution in [0.4, 0.5) is 0 Å². The van der Waals surface area contributed by atoms with Gasteiger partial charge in [0.25, 0.3) is 0 Å². The number of carbonyl (C=O) groups excluding carboxylic acids is 2. The number of hydrogen-bond donors (Lipinski definition) is 0. The van der Waals surface area contributed by atoms with E-state index in [1.54, 1.807) is 42.5 Å². The monoisotopic (exact) mass is 509 g/mol. The minimum atomic E-state index is -2.61. The zero-order chi connectivity index (χ0) is 25.0. The standard InChI is InChI=1S/C27H27NO5S2/c1-2-3-4-11-16-24(28-33-27(30)20-12-7-5-8-13-20)26(29)23-18-17-22(19-25(23)35(31)32)34-21-14-9-6-10-15-21/h5-10,12-15,17-19,23H,2-4,11,16H2,1H3. The quantitative estimate of drug-likeness (QED) is 0.128. The summed E-state index contributed by atoms with van der Waals surface area (Å²) in [7, 11) is -2.61. The Morgan fingerprint density at radius 3 is 2.31 bits per heavy atom. The van der Waals surface area contributed by atoms with Gasteiger partial charge in [0.05, 0.1) is 16.3 Å². The van der Waals surface area contributed by atoms with Crippen molar-refractivity contribution in [1.29, 1.82) is 0 Å². The molecule has 2 aromatic carbocycles. The molecule has 0 radical (unpaired) electrons. The molecule has 1 aliphatic carbocycles. The predicted molar refractivity (Wildman–Crippen MR) is 140 cm³/mol. The number of nitrogens with zero attached hydrogens (tertiary/aromatic N) is 1. The van der Waals surface area contributed by atoms with Crippen LogP contribution in [0.2, 0.25) is 0 Å². The van der Waals surface area contributed by atoms with Crippen molar-refractivity contribution in [2.75, 3.05) is 0 Å². The molecule has 0 N–H and O–H groups in total. The topological polar surface area (TPSA) is 89.9 Å². The van der Waals surface area contributed by atoms with Gasteiger partial charge in [0.1, 0.15) is 5.71 Å². The maximum absolute atomic E-state index is 13.4. The van der Waals surface area contributed by atoms with Gasteiger partial charge in [-0.25, -0.2) is 4.79 Å². The molecule has 182 valence electrons. The Labute approximate surface area is 211 Å². The fourth-order valence-corrected chi connectivity index (χ4v) is 5.05. The van der Waals surface area contributed by atoms with Gasteiger partial charge in [0.15, 0.2) is 5.78 Å². The molecule has 8 heteroatoms. The second kappa shape index (κ2) is 13.6. The maximum atomic E-state index is 13.4. The van der Waals surface area contributed by atoms with Crippen LogP contribution in [0.3, 0.4) is 0 Å². The largest absolute Gasteiger partial charge is 0.365 e. The fraction of sp³-hybridized carbons (Fsp3) is 0.259. The lowest BCUT2D eigenvalue weighted by Crippen LogP contribution is -2.30. The summed E-state index contributed by atoms with van der Waals surface area (Å²) in [6.07, 6.45) is 8.69. The molecule has 1 aliphatic rings. The van der Waals surface area contributed by atoms with E-state index in [0.717, 1.165) is 24.2 Å². The van der Waals surface area contributed by atoms with E-state index in [4.69, 9.17) is 4.84 Å². The van der Waals surface area contributed by atoms with Crippen LogP contribution < -0.4 is 0 Å². The minimum absolute atomic E-state index is 0.0356. The third-order valence-corrected chi connectivity index (χ3v) is 7.05. The average molecular weight is 510 g/mol. The van der Waals surface area contributed by atoms with Crippen molar-refractivity contribution in [1.82, 2.24) is 0 Å². The molecule has 0 fully saturated rings. The van der Waals surface area contributed by atoms with Gasteiger partial charge in [-0.1, -0.05) is 91.7 Å². The highest BCUT2D eigenvalue weighted by molar-refractivity contribution is 8.03. The van der Waals surface area contributed by atoms with Crippen LogP contribution in [-0.2, 0) is 19.9 Å². The highest BCUT2D eigenvalue weighted by atomic mass is 32.2. The first kappa shape index (κ1) is 26.4. The van der Waals surface area contributed by atoms with Crippen molar-refractivity contribution in [3.63, 3.8) is 0 Å². The Morgan fingerprint density at radius 2 is 1.66 bits per heavy atom. The van der Waals surface area contributed by atoms with E-state index in [1.165, 1.54) is 17.8 Å². The van der Waals surface area contributed by atoms with Gasteiger partial charge < -0.3 is 4.84 Å². The van der Waals surface area contributed by atoms with E-state index in [-0.39, 0.29) is 10.6 Å². The van der Waals surface area contributed by atoms with Crippen molar-refractivity contribution < 1.29 is 22.8 Å². The van der Waals surface area contributed by atoms with Gasteiger partial charge in [-0.2, -0.15) is 8.42 Å². The molecular formula is C27H27NO5S2. The lowest BCUT2D eigenvalue weighted by Gasteiger charge is -2.16. The Balaban J connectivity index is 1.81. The van der Waals surface area contributed by atoms with Crippen LogP contribution >= 0.6 is 11.8 Å². The molecule has 0 saturated heterocycles. The summed E-state index contributed by atoms with van der Waals surface area (Å²) < 4.78 is 24.1. The van der Waals surface area contributed by atoms with Crippen LogP contribution in [0.25, 0.3) is 0 Å². The zero-order valence-corrected chi connectivity index (χ0v) is 21.1.